The lowest BCUT2D eigenvalue weighted by Gasteiger charge is -2.09. The number of nitrogens with one attached hydrogen (secondary N) is 2. The van der Waals surface area contributed by atoms with Gasteiger partial charge in [-0.2, -0.15) is 0 Å². The largest absolute Gasteiger partial charge is 0.497 e. The summed E-state index contributed by atoms with van der Waals surface area (Å²) in [6, 6.07) is 15.1. The van der Waals surface area contributed by atoms with Crippen molar-refractivity contribution in [3.63, 3.8) is 0 Å². The lowest BCUT2D eigenvalue weighted by molar-refractivity contribution is 0.251. The van der Waals surface area contributed by atoms with Gasteiger partial charge in [-0.3, -0.25) is 0 Å². The Balaban J connectivity index is 1.88. The van der Waals surface area contributed by atoms with Crippen molar-refractivity contribution in [3.8, 4) is 5.75 Å². The minimum absolute atomic E-state index is 0.224. The number of carbonyl (C=O) groups is 1. The number of methoxy groups -OCH3 is 1. The summed E-state index contributed by atoms with van der Waals surface area (Å²) >= 11 is 0. The number of ether oxygens (including phenoxy) is 1. The molecule has 0 aliphatic heterocycles. The van der Waals surface area contributed by atoms with Crippen LogP contribution in [0.3, 0.4) is 0 Å². The summed E-state index contributed by atoms with van der Waals surface area (Å²) in [6.07, 6.45) is 0. The molecule has 0 radical (unpaired) electrons. The van der Waals surface area contributed by atoms with Crippen molar-refractivity contribution in [1.82, 2.24) is 5.32 Å². The summed E-state index contributed by atoms with van der Waals surface area (Å²) in [5, 5.41) is 5.61. The molecule has 20 heavy (non-hydrogen) atoms. The van der Waals surface area contributed by atoms with Gasteiger partial charge in [-0.1, -0.05) is 24.3 Å². The minimum atomic E-state index is -0.224. The summed E-state index contributed by atoms with van der Waals surface area (Å²) in [4.78, 5) is 11.8. The normalized spacial score (nSPS) is 9.90. The molecule has 0 saturated heterocycles. The molecule has 0 fully saturated rings. The van der Waals surface area contributed by atoms with Crippen molar-refractivity contribution in [2.24, 2.45) is 0 Å². The first kappa shape index (κ1) is 13.9. The van der Waals surface area contributed by atoms with Crippen LogP contribution in [-0.4, -0.2) is 13.1 Å². The Labute approximate surface area is 118 Å². The fourth-order valence-corrected chi connectivity index (χ4v) is 1.86. The van der Waals surface area contributed by atoms with Crippen molar-refractivity contribution in [2.45, 2.75) is 13.5 Å². The zero-order chi connectivity index (χ0) is 14.4. The van der Waals surface area contributed by atoms with Gasteiger partial charge in [0, 0.05) is 12.2 Å². The van der Waals surface area contributed by atoms with Crippen molar-refractivity contribution >= 4 is 11.7 Å². The third kappa shape index (κ3) is 4.02. The van der Waals surface area contributed by atoms with Crippen molar-refractivity contribution in [2.75, 3.05) is 12.4 Å². The molecule has 2 rings (SSSR count). The molecule has 0 atom stereocenters. The van der Waals surface area contributed by atoms with Gasteiger partial charge in [-0.05, 0) is 42.3 Å². The Morgan fingerprint density at radius 3 is 2.70 bits per heavy atom. The van der Waals surface area contributed by atoms with Crippen LogP contribution in [0.25, 0.3) is 0 Å². The summed E-state index contributed by atoms with van der Waals surface area (Å²) in [5.41, 5.74) is 2.88. The van der Waals surface area contributed by atoms with Crippen LogP contribution in [-0.2, 0) is 6.54 Å². The lowest BCUT2D eigenvalue weighted by Crippen LogP contribution is -2.28. The van der Waals surface area contributed by atoms with Gasteiger partial charge in [0.15, 0.2) is 0 Å². The molecule has 104 valence electrons. The SMILES string of the molecule is COc1cccc(CNC(=O)Nc2cccc(C)c2)c1. The van der Waals surface area contributed by atoms with E-state index in [0.29, 0.717) is 6.54 Å². The zero-order valence-electron chi connectivity index (χ0n) is 11.6. The van der Waals surface area contributed by atoms with E-state index in [-0.39, 0.29) is 6.03 Å². The molecule has 0 unspecified atom stereocenters. The van der Waals surface area contributed by atoms with Gasteiger partial charge >= 0.3 is 6.03 Å². The molecule has 0 saturated carbocycles. The number of amides is 2. The summed E-state index contributed by atoms with van der Waals surface area (Å²) in [6.45, 7) is 2.44. The number of aryl methyl sites for hydroxylation is 1. The maximum Gasteiger partial charge on any atom is 0.319 e. The topological polar surface area (TPSA) is 50.4 Å². The van der Waals surface area contributed by atoms with E-state index in [9.17, 15) is 4.79 Å². The monoisotopic (exact) mass is 270 g/mol. The van der Waals surface area contributed by atoms with E-state index in [0.717, 1.165) is 22.6 Å². The maximum absolute atomic E-state index is 11.8. The molecule has 0 aliphatic rings. The van der Waals surface area contributed by atoms with Crippen LogP contribution in [0.4, 0.5) is 10.5 Å². The van der Waals surface area contributed by atoms with E-state index >= 15 is 0 Å². The van der Waals surface area contributed by atoms with Gasteiger partial charge in [-0.15, -0.1) is 0 Å². The highest BCUT2D eigenvalue weighted by Gasteiger charge is 2.02. The van der Waals surface area contributed by atoms with Crippen LogP contribution >= 0.6 is 0 Å². The molecule has 0 aromatic heterocycles. The number of anilines is 1. The Kier molecular flexibility index (Phi) is 4.60. The average Bonchev–Trinajstić information content (AvgIpc) is 2.45. The van der Waals surface area contributed by atoms with E-state index in [1.54, 1.807) is 7.11 Å². The Hall–Kier alpha value is -2.49. The molecule has 4 nitrogen and oxygen atoms in total. The van der Waals surface area contributed by atoms with Crippen LogP contribution in [0.2, 0.25) is 0 Å². The number of benzene rings is 2. The third-order valence-electron chi connectivity index (χ3n) is 2.86. The zero-order valence-corrected chi connectivity index (χ0v) is 11.6. The molecule has 0 spiro atoms. The second-order valence-electron chi connectivity index (χ2n) is 4.53. The lowest BCUT2D eigenvalue weighted by atomic mass is 10.2. The van der Waals surface area contributed by atoms with Crippen LogP contribution in [0, 0.1) is 6.92 Å². The second-order valence-corrected chi connectivity index (χ2v) is 4.53. The molecule has 0 heterocycles. The first-order valence-electron chi connectivity index (χ1n) is 6.42. The highest BCUT2D eigenvalue weighted by atomic mass is 16.5. The van der Waals surface area contributed by atoms with Gasteiger partial charge in [0.2, 0.25) is 0 Å². The van der Waals surface area contributed by atoms with E-state index in [2.05, 4.69) is 10.6 Å². The standard InChI is InChI=1S/C16H18N2O2/c1-12-5-3-7-14(9-12)18-16(19)17-11-13-6-4-8-15(10-13)20-2/h3-10H,11H2,1-2H3,(H2,17,18,19). The predicted molar refractivity (Wildman–Crippen MR) is 80.0 cm³/mol. The predicted octanol–water partition coefficient (Wildman–Crippen LogP) is 3.33. The second kappa shape index (κ2) is 6.61. The molecule has 2 aromatic carbocycles. The first-order valence-corrected chi connectivity index (χ1v) is 6.42. The first-order chi connectivity index (χ1) is 9.67. The Morgan fingerprint density at radius 2 is 1.95 bits per heavy atom. The molecule has 0 aliphatic carbocycles. The van der Waals surface area contributed by atoms with Crippen LogP contribution in [0.1, 0.15) is 11.1 Å². The quantitative estimate of drug-likeness (QED) is 0.895. The molecule has 4 heteroatoms. The Bertz CT molecular complexity index is 597. The van der Waals surface area contributed by atoms with Crippen molar-refractivity contribution in [3.05, 3.63) is 59.7 Å². The molecule has 0 bridgehead atoms. The van der Waals surface area contributed by atoms with Crippen molar-refractivity contribution < 1.29 is 9.53 Å². The Morgan fingerprint density at radius 1 is 1.15 bits per heavy atom. The van der Waals surface area contributed by atoms with Gasteiger partial charge in [0.1, 0.15) is 5.75 Å². The molecule has 2 aromatic rings. The summed E-state index contributed by atoms with van der Waals surface area (Å²) in [7, 11) is 1.62. The molecule has 2 N–H and O–H groups in total. The third-order valence-corrected chi connectivity index (χ3v) is 2.86. The van der Waals surface area contributed by atoms with Gasteiger partial charge in [-0.25, -0.2) is 4.79 Å². The average molecular weight is 270 g/mol. The molecular formula is C16H18N2O2. The van der Waals surface area contributed by atoms with E-state index in [1.807, 2.05) is 55.5 Å². The van der Waals surface area contributed by atoms with Crippen LogP contribution in [0.5, 0.6) is 5.75 Å². The number of urea groups is 1. The maximum atomic E-state index is 11.8. The van der Waals surface area contributed by atoms with Gasteiger partial charge < -0.3 is 15.4 Å². The fraction of sp³-hybridized carbons (Fsp3) is 0.188. The molecular weight excluding hydrogens is 252 g/mol. The molecule has 2 amide bonds. The highest BCUT2D eigenvalue weighted by molar-refractivity contribution is 5.89. The minimum Gasteiger partial charge on any atom is -0.497 e. The number of hydrogen-bond donors (Lipinski definition) is 2. The van der Waals surface area contributed by atoms with E-state index in [1.165, 1.54) is 0 Å². The summed E-state index contributed by atoms with van der Waals surface area (Å²) < 4.78 is 5.14. The van der Waals surface area contributed by atoms with Crippen LogP contribution < -0.4 is 15.4 Å². The highest BCUT2D eigenvalue weighted by Crippen LogP contribution is 2.12. The van der Waals surface area contributed by atoms with E-state index < -0.39 is 0 Å². The number of carbonyl (C=O) groups excluding carboxylic acids is 1. The number of rotatable bonds is 4. The fourth-order valence-electron chi connectivity index (χ4n) is 1.86. The summed E-state index contributed by atoms with van der Waals surface area (Å²) in [5.74, 6) is 0.781. The van der Waals surface area contributed by atoms with E-state index in [4.69, 9.17) is 4.74 Å². The smallest absolute Gasteiger partial charge is 0.319 e. The van der Waals surface area contributed by atoms with Gasteiger partial charge in [0.25, 0.3) is 0 Å². The number of hydrogen-bond acceptors (Lipinski definition) is 2. The van der Waals surface area contributed by atoms with Gasteiger partial charge in [0.05, 0.1) is 7.11 Å². The van der Waals surface area contributed by atoms with Crippen molar-refractivity contribution in [1.29, 1.82) is 0 Å². The van der Waals surface area contributed by atoms with Crippen LogP contribution in [0.15, 0.2) is 48.5 Å².